The molecule has 0 bridgehead atoms. The van der Waals surface area contributed by atoms with Gasteiger partial charge in [0.05, 0.1) is 11.4 Å². The van der Waals surface area contributed by atoms with Gasteiger partial charge >= 0.3 is 0 Å². The summed E-state index contributed by atoms with van der Waals surface area (Å²) in [6, 6.07) is 77.5. The van der Waals surface area contributed by atoms with E-state index >= 15 is 0 Å². The highest BCUT2D eigenvalue weighted by Gasteiger charge is 2.43. The van der Waals surface area contributed by atoms with Gasteiger partial charge < -0.3 is 9.80 Å². The van der Waals surface area contributed by atoms with Crippen LogP contribution in [0.3, 0.4) is 0 Å². The first kappa shape index (κ1) is 38.0. The fourth-order valence-corrected chi connectivity index (χ4v) is 10.5. The molecule has 0 aliphatic heterocycles. The molecule has 9 aromatic carbocycles. The molecule has 306 valence electrons. The number of hydrogen-bond donors (Lipinski definition) is 0. The number of fused-ring (bicyclic) bond motifs is 8. The average Bonchev–Trinajstić information content (AvgIpc) is 3.70. The first-order chi connectivity index (χ1) is 31.2. The van der Waals surface area contributed by atoms with E-state index in [1.54, 1.807) is 0 Å². The van der Waals surface area contributed by atoms with Crippen molar-refractivity contribution in [1.29, 1.82) is 0 Å². The quantitative estimate of drug-likeness (QED) is 0.160. The predicted octanol–water partition coefficient (Wildman–Crippen LogP) is 16.6. The van der Waals surface area contributed by atoms with Crippen LogP contribution in [0.15, 0.2) is 212 Å². The molecule has 2 aliphatic rings. The van der Waals surface area contributed by atoms with Crippen molar-refractivity contribution in [3.63, 3.8) is 0 Å². The number of para-hydroxylation sites is 2. The lowest BCUT2D eigenvalue weighted by Gasteiger charge is -2.28. The van der Waals surface area contributed by atoms with E-state index in [9.17, 15) is 0 Å². The fourth-order valence-electron chi connectivity index (χ4n) is 10.5. The Morgan fingerprint density at radius 3 is 1.38 bits per heavy atom. The zero-order valence-electron chi connectivity index (χ0n) is 36.5. The second-order valence-corrected chi connectivity index (χ2v) is 18.5. The monoisotopic (exact) mass is 821 g/mol. The van der Waals surface area contributed by atoms with Crippen LogP contribution in [-0.4, -0.2) is 4.98 Å². The molecule has 0 N–H and O–H groups in total. The lowest BCUT2D eigenvalue weighted by Crippen LogP contribution is -2.19. The van der Waals surface area contributed by atoms with E-state index in [1.807, 2.05) is 0 Å². The van der Waals surface area contributed by atoms with Crippen LogP contribution in [0.1, 0.15) is 50.1 Å². The van der Waals surface area contributed by atoms with Gasteiger partial charge in [-0.25, -0.2) is 0 Å². The van der Waals surface area contributed by atoms with Crippen molar-refractivity contribution in [3.05, 3.63) is 235 Å². The predicted molar refractivity (Wildman–Crippen MR) is 269 cm³/mol. The van der Waals surface area contributed by atoms with Crippen molar-refractivity contribution in [2.45, 2.75) is 38.5 Å². The van der Waals surface area contributed by atoms with E-state index in [-0.39, 0.29) is 10.8 Å². The molecular formula is C61H47N3. The van der Waals surface area contributed by atoms with E-state index < -0.39 is 0 Å². The number of benzene rings is 9. The molecule has 10 aromatic rings. The highest BCUT2D eigenvalue weighted by Crippen LogP contribution is 2.56. The third-order valence-corrected chi connectivity index (χ3v) is 13.9. The molecule has 1 aromatic heterocycles. The molecule has 0 radical (unpaired) electrons. The van der Waals surface area contributed by atoms with Crippen LogP contribution in [0.5, 0.6) is 0 Å². The molecule has 0 atom stereocenters. The Morgan fingerprint density at radius 2 is 0.766 bits per heavy atom. The van der Waals surface area contributed by atoms with Crippen LogP contribution in [0.25, 0.3) is 55.1 Å². The summed E-state index contributed by atoms with van der Waals surface area (Å²) >= 11 is 0. The molecule has 3 heteroatoms. The van der Waals surface area contributed by atoms with E-state index in [2.05, 4.69) is 250 Å². The fraction of sp³-hybridized carbons (Fsp3) is 0.0984. The summed E-state index contributed by atoms with van der Waals surface area (Å²) in [5.74, 6) is 0. The molecule has 1 heterocycles. The van der Waals surface area contributed by atoms with Crippen LogP contribution in [-0.2, 0) is 10.8 Å². The summed E-state index contributed by atoms with van der Waals surface area (Å²) in [5, 5.41) is 4.93. The van der Waals surface area contributed by atoms with Crippen molar-refractivity contribution >= 4 is 55.7 Å². The van der Waals surface area contributed by atoms with Crippen LogP contribution in [0.2, 0.25) is 0 Å². The van der Waals surface area contributed by atoms with Gasteiger partial charge in [-0.2, -0.15) is 0 Å². The summed E-state index contributed by atoms with van der Waals surface area (Å²) in [7, 11) is 0. The summed E-state index contributed by atoms with van der Waals surface area (Å²) in [5.41, 5.74) is 18.6. The summed E-state index contributed by atoms with van der Waals surface area (Å²) < 4.78 is 0. The smallest absolute Gasteiger partial charge is 0.0750 e. The Kier molecular flexibility index (Phi) is 8.54. The largest absolute Gasteiger partial charge is 0.310 e. The van der Waals surface area contributed by atoms with Crippen molar-refractivity contribution in [2.24, 2.45) is 0 Å². The summed E-state index contributed by atoms with van der Waals surface area (Å²) in [4.78, 5) is 10.4. The van der Waals surface area contributed by atoms with Gasteiger partial charge in [0, 0.05) is 56.1 Å². The van der Waals surface area contributed by atoms with Crippen molar-refractivity contribution in [1.82, 2.24) is 4.98 Å². The van der Waals surface area contributed by atoms with E-state index in [4.69, 9.17) is 4.98 Å². The van der Waals surface area contributed by atoms with Crippen LogP contribution >= 0.6 is 0 Å². The zero-order valence-corrected chi connectivity index (χ0v) is 36.5. The standard InChI is InChI=1S/C61H47N3/c1-60(2)55-37-45(42-23-28-48(29-24-42)63(46-19-7-5-8-20-46)49-30-25-40-15-11-13-17-43(40)35-49)27-33-53(55)58-57(60)39-54-52-34-32-51(38-56(52)61(3,4)59(54)62-58)64(47-21-9-6-10-22-47)50-31-26-41-16-12-14-18-44(41)36-50/h5-39H,1-4H3. The van der Waals surface area contributed by atoms with Gasteiger partial charge in [0.15, 0.2) is 0 Å². The van der Waals surface area contributed by atoms with E-state index in [0.29, 0.717) is 0 Å². The van der Waals surface area contributed by atoms with E-state index in [0.717, 1.165) is 45.5 Å². The molecule has 0 saturated heterocycles. The number of nitrogens with zero attached hydrogens (tertiary/aromatic N) is 3. The molecular weight excluding hydrogens is 775 g/mol. The number of anilines is 6. The maximum atomic E-state index is 5.65. The van der Waals surface area contributed by atoms with Crippen molar-refractivity contribution in [2.75, 3.05) is 9.80 Å². The minimum absolute atomic E-state index is 0.226. The first-order valence-electron chi connectivity index (χ1n) is 22.4. The topological polar surface area (TPSA) is 19.4 Å². The highest BCUT2D eigenvalue weighted by molar-refractivity contribution is 5.93. The Bertz CT molecular complexity index is 3440. The molecule has 64 heavy (non-hydrogen) atoms. The summed E-state index contributed by atoms with van der Waals surface area (Å²) in [6.45, 7) is 9.42. The molecule has 0 spiro atoms. The summed E-state index contributed by atoms with van der Waals surface area (Å²) in [6.07, 6.45) is 0. The Labute approximate surface area is 375 Å². The van der Waals surface area contributed by atoms with Gasteiger partial charge in [-0.15, -0.1) is 0 Å². The highest BCUT2D eigenvalue weighted by atomic mass is 15.1. The number of rotatable bonds is 7. The van der Waals surface area contributed by atoms with Crippen molar-refractivity contribution < 1.29 is 0 Å². The van der Waals surface area contributed by atoms with E-state index in [1.165, 1.54) is 66.1 Å². The van der Waals surface area contributed by atoms with Gasteiger partial charge in [-0.3, -0.25) is 4.98 Å². The van der Waals surface area contributed by atoms with Crippen LogP contribution in [0.4, 0.5) is 34.1 Å². The Balaban J connectivity index is 0.888. The van der Waals surface area contributed by atoms with Gasteiger partial charge in [0.1, 0.15) is 0 Å². The third kappa shape index (κ3) is 5.99. The Hall–Kier alpha value is -7.75. The average molecular weight is 822 g/mol. The zero-order chi connectivity index (χ0) is 43.2. The normalized spacial score (nSPS) is 13.9. The molecule has 3 nitrogen and oxygen atoms in total. The first-order valence-corrected chi connectivity index (χ1v) is 22.4. The molecule has 0 unspecified atom stereocenters. The SMILES string of the molecule is CC1(C)c2cc(-c3ccc(N(c4ccccc4)c4ccc5ccccc5c4)cc3)ccc2-c2nc3c(cc21)-c1ccc(N(c2ccccc2)c2ccc4ccccc4c2)cc1C3(C)C. The number of pyridine rings is 1. The van der Waals surface area contributed by atoms with Gasteiger partial charge in [-0.1, -0.05) is 155 Å². The minimum Gasteiger partial charge on any atom is -0.310 e. The minimum atomic E-state index is -0.295. The lowest BCUT2D eigenvalue weighted by molar-refractivity contribution is 0.631. The maximum Gasteiger partial charge on any atom is 0.0750 e. The van der Waals surface area contributed by atoms with Crippen LogP contribution < -0.4 is 9.80 Å². The van der Waals surface area contributed by atoms with Gasteiger partial charge in [0.25, 0.3) is 0 Å². The van der Waals surface area contributed by atoms with Crippen LogP contribution in [0, 0.1) is 0 Å². The molecule has 0 fully saturated rings. The van der Waals surface area contributed by atoms with Gasteiger partial charge in [0.2, 0.25) is 0 Å². The second kappa shape index (κ2) is 14.4. The maximum absolute atomic E-state index is 5.65. The Morgan fingerprint density at radius 1 is 0.312 bits per heavy atom. The third-order valence-electron chi connectivity index (χ3n) is 13.9. The number of hydrogen-bond acceptors (Lipinski definition) is 3. The molecule has 0 saturated carbocycles. The molecule has 12 rings (SSSR count). The van der Waals surface area contributed by atoms with Crippen molar-refractivity contribution in [3.8, 4) is 33.5 Å². The lowest BCUT2D eigenvalue weighted by atomic mass is 9.81. The molecule has 2 aliphatic carbocycles. The second-order valence-electron chi connectivity index (χ2n) is 18.5. The molecule has 0 amide bonds. The number of aromatic nitrogens is 1. The van der Waals surface area contributed by atoms with Gasteiger partial charge in [-0.05, 0) is 140 Å².